The van der Waals surface area contributed by atoms with Crippen LogP contribution in [0.5, 0.6) is 0 Å². The van der Waals surface area contributed by atoms with E-state index >= 15 is 0 Å². The van der Waals surface area contributed by atoms with Gasteiger partial charge in [0.05, 0.1) is 4.75 Å². The van der Waals surface area contributed by atoms with Crippen LogP contribution in [0.4, 0.5) is 8.78 Å². The molecule has 82 valence electrons. The third-order valence-corrected chi connectivity index (χ3v) is 6.62. The maximum atomic E-state index is 13.8. The largest absolute Gasteiger partial charge is 0.204 e. The van der Waals surface area contributed by atoms with Crippen LogP contribution in [0.2, 0.25) is 0 Å². The van der Waals surface area contributed by atoms with Crippen molar-refractivity contribution in [3.63, 3.8) is 0 Å². The molecule has 0 saturated carbocycles. The Labute approximate surface area is 100 Å². The second-order valence-corrected chi connectivity index (χ2v) is 7.14. The quantitative estimate of drug-likeness (QED) is 0.557. The molecule has 4 unspecified atom stereocenters. The summed E-state index contributed by atoms with van der Waals surface area (Å²) >= 11 is 3.69. The Hall–Kier alpha value is -0.480. The Bertz CT molecular complexity index is 514. The Morgan fingerprint density at radius 3 is 3.00 bits per heavy atom. The van der Waals surface area contributed by atoms with Gasteiger partial charge in [0.1, 0.15) is 0 Å². The number of thioether (sulfide) groups is 2. The van der Waals surface area contributed by atoms with Crippen molar-refractivity contribution >= 4 is 23.5 Å². The minimum Gasteiger partial charge on any atom is -0.204 e. The van der Waals surface area contributed by atoms with E-state index in [0.29, 0.717) is 21.3 Å². The lowest BCUT2D eigenvalue weighted by molar-refractivity contribution is 0.493. The van der Waals surface area contributed by atoms with Crippen LogP contribution in [0.25, 0.3) is 0 Å². The number of fused-ring (bicyclic) bond motifs is 3. The van der Waals surface area contributed by atoms with E-state index in [9.17, 15) is 8.78 Å². The third-order valence-electron chi connectivity index (χ3n) is 3.45. The SMILES string of the molecule is Fc1cccc(C23C=CC4SC4C2S3)c1F. The van der Waals surface area contributed by atoms with Gasteiger partial charge in [0.15, 0.2) is 11.6 Å². The average molecular weight is 254 g/mol. The van der Waals surface area contributed by atoms with Crippen molar-refractivity contribution in [2.45, 2.75) is 20.5 Å². The summed E-state index contributed by atoms with van der Waals surface area (Å²) in [6, 6.07) is 4.49. The Balaban J connectivity index is 1.84. The minimum atomic E-state index is -0.739. The molecule has 0 bridgehead atoms. The standard InChI is InChI=1S/C12H8F2S2/c13-7-3-1-2-6(9(7)14)12-5-4-8-10(15-8)11(12)16-12/h1-5,8,10-11H. The summed E-state index contributed by atoms with van der Waals surface area (Å²) in [4.78, 5) is 0. The summed E-state index contributed by atoms with van der Waals surface area (Å²) in [6.07, 6.45) is 4.22. The smallest absolute Gasteiger partial charge is 0.163 e. The lowest BCUT2D eigenvalue weighted by atomic mass is 9.89. The first-order valence-corrected chi connectivity index (χ1v) is 7.02. The van der Waals surface area contributed by atoms with Gasteiger partial charge in [0.2, 0.25) is 0 Å². The van der Waals surface area contributed by atoms with Crippen LogP contribution in [0.3, 0.4) is 0 Å². The van der Waals surface area contributed by atoms with Crippen LogP contribution in [-0.2, 0) is 4.75 Å². The van der Waals surface area contributed by atoms with Crippen molar-refractivity contribution in [3.05, 3.63) is 47.5 Å². The molecule has 2 fully saturated rings. The zero-order chi connectivity index (χ0) is 10.9. The molecule has 0 radical (unpaired) electrons. The maximum Gasteiger partial charge on any atom is 0.163 e. The van der Waals surface area contributed by atoms with Crippen molar-refractivity contribution in [2.24, 2.45) is 0 Å². The molecule has 4 heteroatoms. The molecule has 0 nitrogen and oxygen atoms in total. The van der Waals surface area contributed by atoms with Gasteiger partial charge in [0, 0.05) is 21.3 Å². The number of rotatable bonds is 1. The van der Waals surface area contributed by atoms with Crippen molar-refractivity contribution in [3.8, 4) is 0 Å². The fourth-order valence-corrected chi connectivity index (χ4v) is 5.55. The van der Waals surface area contributed by atoms with Gasteiger partial charge in [-0.15, -0.1) is 23.5 Å². The fourth-order valence-electron chi connectivity index (χ4n) is 2.51. The van der Waals surface area contributed by atoms with Crippen molar-refractivity contribution in [1.29, 1.82) is 0 Å². The number of benzene rings is 1. The van der Waals surface area contributed by atoms with Gasteiger partial charge in [-0.05, 0) is 6.07 Å². The molecule has 1 aromatic rings. The molecule has 0 amide bonds. The molecule has 0 aromatic heterocycles. The predicted octanol–water partition coefficient (Wildman–Crippen LogP) is 3.33. The van der Waals surface area contributed by atoms with Gasteiger partial charge >= 0.3 is 0 Å². The van der Waals surface area contributed by atoms with Crippen LogP contribution in [0.1, 0.15) is 5.56 Å². The topological polar surface area (TPSA) is 0 Å². The van der Waals surface area contributed by atoms with Gasteiger partial charge in [-0.2, -0.15) is 0 Å². The lowest BCUT2D eigenvalue weighted by Crippen LogP contribution is -2.20. The van der Waals surface area contributed by atoms with Gasteiger partial charge in [-0.1, -0.05) is 24.3 Å². The summed E-state index contributed by atoms with van der Waals surface area (Å²) in [7, 11) is 0. The van der Waals surface area contributed by atoms with Crippen LogP contribution < -0.4 is 0 Å². The van der Waals surface area contributed by atoms with Crippen LogP contribution >= 0.6 is 23.5 Å². The molecule has 1 aliphatic carbocycles. The molecule has 3 aliphatic rings. The summed E-state index contributed by atoms with van der Waals surface area (Å²) < 4.78 is 26.7. The molecule has 16 heavy (non-hydrogen) atoms. The molecular formula is C12H8F2S2. The molecule has 0 N–H and O–H groups in total. The second kappa shape index (κ2) is 2.85. The molecule has 2 saturated heterocycles. The van der Waals surface area contributed by atoms with Crippen molar-refractivity contribution < 1.29 is 8.78 Å². The van der Waals surface area contributed by atoms with Gasteiger partial charge in [-0.25, -0.2) is 8.78 Å². The van der Waals surface area contributed by atoms with E-state index in [0.717, 1.165) is 0 Å². The van der Waals surface area contributed by atoms with Crippen molar-refractivity contribution in [2.75, 3.05) is 0 Å². The second-order valence-electron chi connectivity index (χ2n) is 4.36. The molecule has 4 rings (SSSR count). The van der Waals surface area contributed by atoms with Crippen LogP contribution in [0, 0.1) is 11.6 Å². The van der Waals surface area contributed by atoms with Gasteiger partial charge in [-0.3, -0.25) is 0 Å². The number of hydrogen-bond acceptors (Lipinski definition) is 2. The summed E-state index contributed by atoms with van der Waals surface area (Å²) in [5, 5.41) is 1.70. The minimum absolute atomic E-state index is 0.267. The average Bonchev–Trinajstić information content (AvgIpc) is 3.12. The Morgan fingerprint density at radius 1 is 1.25 bits per heavy atom. The predicted molar refractivity (Wildman–Crippen MR) is 63.7 cm³/mol. The van der Waals surface area contributed by atoms with E-state index in [1.54, 1.807) is 23.9 Å². The normalized spacial score (nSPS) is 42.5. The highest BCUT2D eigenvalue weighted by atomic mass is 32.2. The first kappa shape index (κ1) is 9.54. The van der Waals surface area contributed by atoms with Crippen LogP contribution in [-0.4, -0.2) is 15.7 Å². The Kier molecular flexibility index (Phi) is 1.70. The van der Waals surface area contributed by atoms with E-state index in [2.05, 4.69) is 12.2 Å². The number of halogens is 2. The molecule has 0 spiro atoms. The zero-order valence-electron chi connectivity index (χ0n) is 8.19. The highest BCUT2D eigenvalue weighted by molar-refractivity contribution is 8.13. The van der Waals surface area contributed by atoms with Crippen LogP contribution in [0.15, 0.2) is 30.4 Å². The van der Waals surface area contributed by atoms with E-state index < -0.39 is 11.6 Å². The van der Waals surface area contributed by atoms with E-state index in [-0.39, 0.29) is 4.75 Å². The monoisotopic (exact) mass is 254 g/mol. The fraction of sp³-hybridized carbons (Fsp3) is 0.333. The van der Waals surface area contributed by atoms with E-state index in [1.165, 1.54) is 6.07 Å². The first-order chi connectivity index (χ1) is 7.72. The lowest BCUT2D eigenvalue weighted by Gasteiger charge is -2.14. The van der Waals surface area contributed by atoms with Gasteiger partial charge < -0.3 is 0 Å². The highest BCUT2D eigenvalue weighted by Crippen LogP contribution is 2.73. The Morgan fingerprint density at radius 2 is 2.12 bits per heavy atom. The summed E-state index contributed by atoms with van der Waals surface area (Å²) in [5.74, 6) is -1.41. The molecule has 2 aliphatic heterocycles. The summed E-state index contributed by atoms with van der Waals surface area (Å²) in [6.45, 7) is 0. The maximum absolute atomic E-state index is 13.8. The molecule has 1 aromatic carbocycles. The molecule has 4 atom stereocenters. The molecular weight excluding hydrogens is 246 g/mol. The van der Waals surface area contributed by atoms with Crippen molar-refractivity contribution in [1.82, 2.24) is 0 Å². The molecule has 2 heterocycles. The van der Waals surface area contributed by atoms with E-state index in [4.69, 9.17) is 0 Å². The zero-order valence-corrected chi connectivity index (χ0v) is 9.82. The van der Waals surface area contributed by atoms with Gasteiger partial charge in [0.25, 0.3) is 0 Å². The first-order valence-electron chi connectivity index (χ1n) is 5.19. The van der Waals surface area contributed by atoms with E-state index in [1.807, 2.05) is 11.8 Å². The highest BCUT2D eigenvalue weighted by Gasteiger charge is 2.67. The number of hydrogen-bond donors (Lipinski definition) is 0. The third kappa shape index (κ3) is 1.07. The summed E-state index contributed by atoms with van der Waals surface area (Å²) in [5.41, 5.74) is 0.518.